The quantitative estimate of drug-likeness (QED) is 0.143. The van der Waals surface area contributed by atoms with E-state index in [0.29, 0.717) is 39.3 Å². The minimum atomic E-state index is -0.592. The van der Waals surface area contributed by atoms with Gasteiger partial charge in [0, 0.05) is 42.1 Å². The van der Waals surface area contributed by atoms with E-state index in [1.165, 1.54) is 6.92 Å². The lowest BCUT2D eigenvalue weighted by Gasteiger charge is -2.25. The number of aromatic nitrogens is 5. The Bertz CT molecular complexity index is 1630. The predicted octanol–water partition coefficient (Wildman–Crippen LogP) is 6.79. The lowest BCUT2D eigenvalue weighted by molar-refractivity contribution is -0.131. The SMILES string of the molecule is CC(=O)c1nn(CC(=O)C(C)[C@H](CC(C)C)C(=O)Nc2nc(Br)ccc2C(C)C)c2ccc(-c3cnc(C)nc3)cc12. The summed E-state index contributed by atoms with van der Waals surface area (Å²) in [5.74, 6) is -0.225. The minimum absolute atomic E-state index is 0.0633. The Balaban J connectivity index is 1.62. The molecule has 2 atom stereocenters. The Morgan fingerprint density at radius 2 is 1.67 bits per heavy atom. The number of ketones is 2. The van der Waals surface area contributed by atoms with Crippen LogP contribution in [0.15, 0.2) is 47.3 Å². The molecule has 3 aromatic heterocycles. The molecule has 0 bridgehead atoms. The van der Waals surface area contributed by atoms with Crippen LogP contribution >= 0.6 is 15.9 Å². The Kier molecular flexibility index (Phi) is 9.66. The lowest BCUT2D eigenvalue weighted by atomic mass is 9.83. The van der Waals surface area contributed by atoms with E-state index in [4.69, 9.17) is 0 Å². The van der Waals surface area contributed by atoms with Crippen LogP contribution in [0.1, 0.15) is 75.8 Å². The molecule has 0 spiro atoms. The first-order valence-electron chi connectivity index (χ1n) is 14.2. The third-order valence-corrected chi connectivity index (χ3v) is 7.88. The molecule has 0 aliphatic rings. The predicted molar refractivity (Wildman–Crippen MR) is 167 cm³/mol. The number of pyridine rings is 1. The first-order valence-corrected chi connectivity index (χ1v) is 15.0. The summed E-state index contributed by atoms with van der Waals surface area (Å²) in [6.45, 7) is 13.2. The van der Waals surface area contributed by atoms with Crippen molar-refractivity contribution in [2.45, 2.75) is 67.3 Å². The van der Waals surface area contributed by atoms with Gasteiger partial charge in [-0.05, 0) is 70.4 Å². The van der Waals surface area contributed by atoms with Crippen molar-refractivity contribution in [1.82, 2.24) is 24.7 Å². The first-order chi connectivity index (χ1) is 19.8. The fourth-order valence-electron chi connectivity index (χ4n) is 5.06. The van der Waals surface area contributed by atoms with E-state index >= 15 is 0 Å². The van der Waals surface area contributed by atoms with Crippen LogP contribution in [-0.2, 0) is 16.1 Å². The Morgan fingerprint density at radius 3 is 2.29 bits per heavy atom. The minimum Gasteiger partial charge on any atom is -0.310 e. The number of amides is 1. The van der Waals surface area contributed by atoms with Crippen LogP contribution in [0.2, 0.25) is 0 Å². The third-order valence-electron chi connectivity index (χ3n) is 7.43. The summed E-state index contributed by atoms with van der Waals surface area (Å²) < 4.78 is 2.19. The number of hydrogen-bond acceptors (Lipinski definition) is 7. The summed E-state index contributed by atoms with van der Waals surface area (Å²) in [7, 11) is 0. The van der Waals surface area contributed by atoms with Crippen molar-refractivity contribution < 1.29 is 14.4 Å². The number of Topliss-reactive ketones (excluding diaryl/α,β-unsaturated/α-hetero) is 2. The fraction of sp³-hybridized carbons (Fsp3) is 0.406. The molecule has 220 valence electrons. The van der Waals surface area contributed by atoms with Crippen molar-refractivity contribution in [2.24, 2.45) is 17.8 Å². The van der Waals surface area contributed by atoms with Gasteiger partial charge in [-0.1, -0.05) is 46.8 Å². The van der Waals surface area contributed by atoms with E-state index in [2.05, 4.69) is 41.3 Å². The van der Waals surface area contributed by atoms with Gasteiger partial charge >= 0.3 is 0 Å². The molecular formula is C32H37BrN6O3. The van der Waals surface area contributed by atoms with Gasteiger partial charge in [-0.25, -0.2) is 15.0 Å². The first kappa shape index (κ1) is 31.2. The summed E-state index contributed by atoms with van der Waals surface area (Å²) in [4.78, 5) is 52.9. The number of anilines is 1. The van der Waals surface area contributed by atoms with Crippen LogP contribution in [0.4, 0.5) is 5.82 Å². The van der Waals surface area contributed by atoms with Crippen molar-refractivity contribution in [3.05, 3.63) is 64.4 Å². The number of aryl methyl sites for hydroxylation is 1. The molecule has 3 heterocycles. The van der Waals surface area contributed by atoms with Crippen molar-refractivity contribution in [3.8, 4) is 11.1 Å². The van der Waals surface area contributed by atoms with Gasteiger partial charge in [0.15, 0.2) is 11.6 Å². The van der Waals surface area contributed by atoms with E-state index in [9.17, 15) is 14.4 Å². The molecule has 1 amide bonds. The highest BCUT2D eigenvalue weighted by atomic mass is 79.9. The Morgan fingerprint density at radius 1 is 0.976 bits per heavy atom. The highest BCUT2D eigenvalue weighted by molar-refractivity contribution is 9.10. The van der Waals surface area contributed by atoms with Gasteiger partial charge in [-0.3, -0.25) is 19.1 Å². The molecule has 1 N–H and O–H groups in total. The molecule has 0 saturated carbocycles. The largest absolute Gasteiger partial charge is 0.310 e. The summed E-state index contributed by atoms with van der Waals surface area (Å²) >= 11 is 3.40. The lowest BCUT2D eigenvalue weighted by Crippen LogP contribution is -2.35. The molecule has 1 unspecified atom stereocenters. The van der Waals surface area contributed by atoms with Crippen molar-refractivity contribution in [1.29, 1.82) is 0 Å². The average Bonchev–Trinajstić information content (AvgIpc) is 3.29. The van der Waals surface area contributed by atoms with Gasteiger partial charge in [0.25, 0.3) is 0 Å². The van der Waals surface area contributed by atoms with Crippen LogP contribution in [-0.4, -0.2) is 42.2 Å². The number of halogens is 1. The molecule has 0 fully saturated rings. The van der Waals surface area contributed by atoms with Crippen LogP contribution in [0, 0.1) is 24.7 Å². The van der Waals surface area contributed by atoms with Crippen LogP contribution in [0.5, 0.6) is 0 Å². The normalized spacial score (nSPS) is 13.0. The van der Waals surface area contributed by atoms with Gasteiger partial charge in [0.2, 0.25) is 5.91 Å². The maximum Gasteiger partial charge on any atom is 0.229 e. The summed E-state index contributed by atoms with van der Waals surface area (Å²) in [5, 5.41) is 8.19. The molecule has 1 aromatic carbocycles. The maximum atomic E-state index is 13.7. The molecule has 0 saturated heterocycles. The Labute approximate surface area is 254 Å². The molecule has 10 heteroatoms. The zero-order chi connectivity index (χ0) is 30.7. The fourth-order valence-corrected chi connectivity index (χ4v) is 5.37. The molecule has 42 heavy (non-hydrogen) atoms. The van der Waals surface area contributed by atoms with E-state index in [1.807, 2.05) is 65.0 Å². The Hall–Kier alpha value is -3.79. The zero-order valence-electron chi connectivity index (χ0n) is 25.1. The molecule has 0 aliphatic heterocycles. The smallest absolute Gasteiger partial charge is 0.229 e. The van der Waals surface area contributed by atoms with Crippen molar-refractivity contribution in [3.63, 3.8) is 0 Å². The maximum absolute atomic E-state index is 13.7. The second-order valence-corrected chi connectivity index (χ2v) is 12.3. The van der Waals surface area contributed by atoms with Crippen molar-refractivity contribution >= 4 is 50.1 Å². The van der Waals surface area contributed by atoms with Crippen LogP contribution < -0.4 is 5.32 Å². The molecular weight excluding hydrogens is 596 g/mol. The van der Waals surface area contributed by atoms with Gasteiger partial charge in [0.1, 0.15) is 28.5 Å². The highest BCUT2D eigenvalue weighted by Gasteiger charge is 2.32. The number of carbonyl (C=O) groups excluding carboxylic acids is 3. The number of nitrogens with zero attached hydrogens (tertiary/aromatic N) is 5. The average molecular weight is 634 g/mol. The van der Waals surface area contributed by atoms with Crippen LogP contribution in [0.25, 0.3) is 22.0 Å². The summed E-state index contributed by atoms with van der Waals surface area (Å²) in [6.07, 6.45) is 4.00. The number of rotatable bonds is 11. The van der Waals surface area contributed by atoms with Gasteiger partial charge < -0.3 is 5.32 Å². The van der Waals surface area contributed by atoms with Crippen LogP contribution in [0.3, 0.4) is 0 Å². The van der Waals surface area contributed by atoms with Gasteiger partial charge in [-0.15, -0.1) is 0 Å². The van der Waals surface area contributed by atoms with E-state index in [-0.39, 0.29) is 35.9 Å². The van der Waals surface area contributed by atoms with Gasteiger partial charge in [-0.2, -0.15) is 5.10 Å². The second kappa shape index (κ2) is 13.0. The third kappa shape index (κ3) is 6.98. The van der Waals surface area contributed by atoms with E-state index < -0.39 is 11.8 Å². The number of benzene rings is 1. The molecule has 0 radical (unpaired) electrons. The van der Waals surface area contributed by atoms with Gasteiger partial charge in [0.05, 0.1) is 5.52 Å². The number of hydrogen-bond donors (Lipinski definition) is 1. The molecule has 4 rings (SSSR count). The summed E-state index contributed by atoms with van der Waals surface area (Å²) in [5.41, 5.74) is 3.55. The van der Waals surface area contributed by atoms with E-state index in [0.717, 1.165) is 16.7 Å². The van der Waals surface area contributed by atoms with Crippen molar-refractivity contribution in [2.75, 3.05) is 5.32 Å². The standard InChI is InChI=1S/C32H37BrN6O3/c1-17(2)12-25(32(42)37-31-24(18(3)4)9-11-29(33)36-31)19(5)28(41)16-39-27-10-8-22(23-14-34-21(7)35-15-23)13-26(27)30(38-39)20(6)40/h8-11,13-15,17-19,25H,12,16H2,1-7H3,(H,36,37,42)/t19?,25-/m0/s1. The highest BCUT2D eigenvalue weighted by Crippen LogP contribution is 2.30. The molecule has 0 aliphatic carbocycles. The summed E-state index contributed by atoms with van der Waals surface area (Å²) in [6, 6.07) is 9.43. The molecule has 4 aromatic rings. The number of fused-ring (bicyclic) bond motifs is 1. The number of nitrogens with one attached hydrogen (secondary N) is 1. The van der Waals surface area contributed by atoms with E-state index in [1.54, 1.807) is 24.0 Å². The molecule has 9 nitrogen and oxygen atoms in total. The second-order valence-electron chi connectivity index (χ2n) is 11.5. The topological polar surface area (TPSA) is 120 Å². The number of carbonyl (C=O) groups is 3. The zero-order valence-corrected chi connectivity index (χ0v) is 26.7. The monoisotopic (exact) mass is 632 g/mol.